The highest BCUT2D eigenvalue weighted by molar-refractivity contribution is 5.36. The van der Waals surface area contributed by atoms with E-state index in [1.807, 2.05) is 6.08 Å². The van der Waals surface area contributed by atoms with Crippen molar-refractivity contribution < 1.29 is 0 Å². The summed E-state index contributed by atoms with van der Waals surface area (Å²) in [7, 11) is 0. The molecule has 0 aromatic rings. The molecule has 0 heteroatoms. The van der Waals surface area contributed by atoms with Crippen LogP contribution < -0.4 is 0 Å². The Morgan fingerprint density at radius 2 is 1.92 bits per heavy atom. The third kappa shape index (κ3) is 3.44. The highest BCUT2D eigenvalue weighted by atomic mass is 14.0. The van der Waals surface area contributed by atoms with Gasteiger partial charge in [0, 0.05) is 5.57 Å². The molecule has 0 aliphatic carbocycles. The van der Waals surface area contributed by atoms with Crippen molar-refractivity contribution in [1.82, 2.24) is 0 Å². The molecule has 0 aliphatic rings. The smallest absolute Gasteiger partial charge is 0.00492 e. The Morgan fingerprint density at radius 1 is 1.33 bits per heavy atom. The van der Waals surface area contributed by atoms with Crippen LogP contribution in [0.3, 0.4) is 0 Å². The summed E-state index contributed by atoms with van der Waals surface area (Å²) in [5.74, 6) is 2.75. The molecule has 0 aliphatic heterocycles. The van der Waals surface area contributed by atoms with Crippen molar-refractivity contribution in [1.29, 1.82) is 0 Å². The number of terminal acetylenes is 1. The Balaban J connectivity index is 4.52. The summed E-state index contributed by atoms with van der Waals surface area (Å²) < 4.78 is 0. The first-order valence-electron chi connectivity index (χ1n) is 4.61. The molecule has 0 amide bonds. The molecule has 0 spiro atoms. The monoisotopic (exact) mass is 162 g/mol. The van der Waals surface area contributed by atoms with E-state index in [4.69, 9.17) is 6.42 Å². The van der Waals surface area contributed by atoms with Crippen molar-refractivity contribution in [2.75, 3.05) is 0 Å². The molecule has 0 atom stereocenters. The summed E-state index contributed by atoms with van der Waals surface area (Å²) in [4.78, 5) is 0. The molecule has 0 rings (SSSR count). The van der Waals surface area contributed by atoms with Gasteiger partial charge < -0.3 is 0 Å². The summed E-state index contributed by atoms with van der Waals surface area (Å²) in [6.07, 6.45) is 11.6. The Bertz CT molecular complexity index is 201. The van der Waals surface area contributed by atoms with Crippen molar-refractivity contribution in [3.05, 3.63) is 23.8 Å². The maximum Gasteiger partial charge on any atom is 0.00492 e. The number of hydrogen-bond acceptors (Lipinski definition) is 0. The molecule has 0 fully saturated rings. The van der Waals surface area contributed by atoms with Crippen molar-refractivity contribution in [2.24, 2.45) is 0 Å². The fourth-order valence-electron chi connectivity index (χ4n) is 1.22. The molecule has 0 unspecified atom stereocenters. The van der Waals surface area contributed by atoms with Crippen molar-refractivity contribution in [3.8, 4) is 12.3 Å². The maximum atomic E-state index is 5.41. The van der Waals surface area contributed by atoms with E-state index in [0.29, 0.717) is 0 Å². The molecule has 0 aromatic carbocycles. The molecule has 0 saturated heterocycles. The summed E-state index contributed by atoms with van der Waals surface area (Å²) in [6.45, 7) is 8.08. The normalized spacial score (nSPS) is 11.8. The summed E-state index contributed by atoms with van der Waals surface area (Å²) in [6, 6.07) is 0. The van der Waals surface area contributed by atoms with Crippen molar-refractivity contribution >= 4 is 0 Å². The number of rotatable bonds is 5. The summed E-state index contributed by atoms with van der Waals surface area (Å²) in [5.41, 5.74) is 2.39. The second-order valence-electron chi connectivity index (χ2n) is 2.85. The molecule has 0 radical (unpaired) electrons. The van der Waals surface area contributed by atoms with Crippen LogP contribution in [-0.4, -0.2) is 0 Å². The second kappa shape index (κ2) is 6.73. The van der Waals surface area contributed by atoms with Crippen LogP contribution in [0.15, 0.2) is 23.8 Å². The van der Waals surface area contributed by atoms with E-state index in [0.717, 1.165) is 31.3 Å². The van der Waals surface area contributed by atoms with Crippen molar-refractivity contribution in [3.63, 3.8) is 0 Å². The van der Waals surface area contributed by atoms with Gasteiger partial charge in [-0.1, -0.05) is 45.3 Å². The van der Waals surface area contributed by atoms with E-state index in [1.54, 1.807) is 0 Å². The van der Waals surface area contributed by atoms with Crippen LogP contribution in [0.1, 0.15) is 39.5 Å². The maximum absolute atomic E-state index is 5.41. The van der Waals surface area contributed by atoms with Gasteiger partial charge in [-0.25, -0.2) is 0 Å². The average molecular weight is 162 g/mol. The number of hydrogen-bond donors (Lipinski definition) is 0. The predicted molar refractivity (Wildman–Crippen MR) is 55.9 cm³/mol. The molecule has 66 valence electrons. The zero-order valence-corrected chi connectivity index (χ0v) is 8.19. The van der Waals surface area contributed by atoms with E-state index in [9.17, 15) is 0 Å². The largest absolute Gasteiger partial charge is 0.115 e. The zero-order chi connectivity index (χ0) is 9.40. The Labute approximate surface area is 76.4 Å². The lowest BCUT2D eigenvalue weighted by atomic mass is 10.0. The van der Waals surface area contributed by atoms with Gasteiger partial charge in [0.15, 0.2) is 0 Å². The minimum atomic E-state index is 1.01. The van der Waals surface area contributed by atoms with Gasteiger partial charge in [0.1, 0.15) is 0 Å². The van der Waals surface area contributed by atoms with E-state index in [2.05, 4.69) is 26.3 Å². The molecule has 0 N–H and O–H groups in total. The highest BCUT2D eigenvalue weighted by Gasteiger charge is 1.98. The standard InChI is InChI=1S/C12H18/c1-5-9-11(7-3)12(8-4)10-6-2/h3,8H,4-6,9-10H2,1-2H3/b12-11+. The predicted octanol–water partition coefficient (Wildman–Crippen LogP) is 3.70. The lowest BCUT2D eigenvalue weighted by Crippen LogP contribution is -1.87. The van der Waals surface area contributed by atoms with Crippen LogP contribution in [0.2, 0.25) is 0 Å². The Morgan fingerprint density at radius 3 is 2.25 bits per heavy atom. The average Bonchev–Trinajstić information content (AvgIpc) is 2.11. The molecular formula is C12H18. The van der Waals surface area contributed by atoms with Gasteiger partial charge in [0.25, 0.3) is 0 Å². The van der Waals surface area contributed by atoms with Gasteiger partial charge in [-0.05, 0) is 18.4 Å². The van der Waals surface area contributed by atoms with Gasteiger partial charge in [0.2, 0.25) is 0 Å². The van der Waals surface area contributed by atoms with Gasteiger partial charge in [-0.3, -0.25) is 0 Å². The van der Waals surface area contributed by atoms with Gasteiger partial charge >= 0.3 is 0 Å². The molecule has 12 heavy (non-hydrogen) atoms. The van der Waals surface area contributed by atoms with Crippen LogP contribution >= 0.6 is 0 Å². The molecule has 0 bridgehead atoms. The van der Waals surface area contributed by atoms with Crippen LogP contribution in [0.5, 0.6) is 0 Å². The lowest BCUT2D eigenvalue weighted by molar-refractivity contribution is 0.875. The molecule has 0 heterocycles. The SMILES string of the molecule is C#C/C(CCC)=C(/C=C)CCC. The Kier molecular flexibility index (Phi) is 6.19. The first-order chi connectivity index (χ1) is 5.79. The summed E-state index contributed by atoms with van der Waals surface area (Å²) in [5, 5.41) is 0. The third-order valence-corrected chi connectivity index (χ3v) is 1.83. The highest BCUT2D eigenvalue weighted by Crippen LogP contribution is 2.15. The van der Waals surface area contributed by atoms with Crippen LogP contribution in [0, 0.1) is 12.3 Å². The molecule has 0 nitrogen and oxygen atoms in total. The van der Waals surface area contributed by atoms with Crippen LogP contribution in [0.25, 0.3) is 0 Å². The quantitative estimate of drug-likeness (QED) is 0.427. The van der Waals surface area contributed by atoms with E-state index < -0.39 is 0 Å². The van der Waals surface area contributed by atoms with Crippen LogP contribution in [0.4, 0.5) is 0 Å². The van der Waals surface area contributed by atoms with Gasteiger partial charge in [0.05, 0.1) is 0 Å². The fraction of sp³-hybridized carbons (Fsp3) is 0.500. The first kappa shape index (κ1) is 11.0. The summed E-state index contributed by atoms with van der Waals surface area (Å²) >= 11 is 0. The first-order valence-corrected chi connectivity index (χ1v) is 4.61. The van der Waals surface area contributed by atoms with E-state index in [-0.39, 0.29) is 0 Å². The topological polar surface area (TPSA) is 0 Å². The van der Waals surface area contributed by atoms with Crippen LogP contribution in [-0.2, 0) is 0 Å². The van der Waals surface area contributed by atoms with Gasteiger partial charge in [-0.2, -0.15) is 0 Å². The molecular weight excluding hydrogens is 144 g/mol. The fourth-order valence-corrected chi connectivity index (χ4v) is 1.22. The van der Waals surface area contributed by atoms with E-state index in [1.165, 1.54) is 5.57 Å². The second-order valence-corrected chi connectivity index (χ2v) is 2.85. The number of allylic oxidation sites excluding steroid dienone is 3. The van der Waals surface area contributed by atoms with Crippen molar-refractivity contribution in [2.45, 2.75) is 39.5 Å². The van der Waals surface area contributed by atoms with Gasteiger partial charge in [-0.15, -0.1) is 6.42 Å². The Hall–Kier alpha value is -0.960. The minimum absolute atomic E-state index is 1.01. The molecule has 0 saturated carbocycles. The third-order valence-electron chi connectivity index (χ3n) is 1.83. The molecule has 0 aromatic heterocycles. The zero-order valence-electron chi connectivity index (χ0n) is 8.19. The van der Waals surface area contributed by atoms with E-state index >= 15 is 0 Å². The lowest BCUT2D eigenvalue weighted by Gasteiger charge is -2.04. The minimum Gasteiger partial charge on any atom is -0.115 e.